The Kier molecular flexibility index (Phi) is 8.87. The van der Waals surface area contributed by atoms with Gasteiger partial charge in [0, 0.05) is 17.7 Å². The van der Waals surface area contributed by atoms with E-state index in [0.717, 1.165) is 0 Å². The first-order chi connectivity index (χ1) is 17.3. The Balaban J connectivity index is 1.74. The standard InChI is InChI=1S/C25H26N4O7/c1-3-35-20(30)14-13-19(24(32)33)29-23(31)15-9-11-16(12-10-15)26-22-21(25(34)36-4-2)27-17-7-5-6-8-18(17)28-22/h5-12,19H,3-4,13-14H2,1-2H3,(H,26,28)(H,29,31)(H,32,33). The number of nitrogens with one attached hydrogen (secondary N) is 2. The molecule has 0 saturated heterocycles. The molecule has 0 aliphatic rings. The van der Waals surface area contributed by atoms with Crippen molar-refractivity contribution in [1.82, 2.24) is 15.3 Å². The molecule has 1 heterocycles. The van der Waals surface area contributed by atoms with E-state index in [1.54, 1.807) is 50.2 Å². The lowest BCUT2D eigenvalue weighted by molar-refractivity contribution is -0.144. The largest absolute Gasteiger partial charge is 0.480 e. The van der Waals surface area contributed by atoms with Crippen molar-refractivity contribution in [2.75, 3.05) is 18.5 Å². The number of hydrogen-bond acceptors (Lipinski definition) is 9. The van der Waals surface area contributed by atoms with E-state index in [-0.39, 0.29) is 43.1 Å². The van der Waals surface area contributed by atoms with Gasteiger partial charge in [-0.3, -0.25) is 9.59 Å². The van der Waals surface area contributed by atoms with Gasteiger partial charge in [-0.25, -0.2) is 19.6 Å². The molecule has 0 bridgehead atoms. The number of carbonyl (C=O) groups is 4. The third-order valence-electron chi connectivity index (χ3n) is 5.00. The predicted molar refractivity (Wildman–Crippen MR) is 130 cm³/mol. The third kappa shape index (κ3) is 6.75. The van der Waals surface area contributed by atoms with Crippen LogP contribution in [-0.2, 0) is 19.1 Å². The Morgan fingerprint density at radius 1 is 0.917 bits per heavy atom. The highest BCUT2D eigenvalue weighted by atomic mass is 16.5. The van der Waals surface area contributed by atoms with E-state index >= 15 is 0 Å². The Morgan fingerprint density at radius 2 is 1.56 bits per heavy atom. The van der Waals surface area contributed by atoms with E-state index in [1.807, 2.05) is 0 Å². The second kappa shape index (κ2) is 12.2. The smallest absolute Gasteiger partial charge is 0.360 e. The Morgan fingerprint density at radius 3 is 2.17 bits per heavy atom. The number of ether oxygens (including phenoxy) is 2. The predicted octanol–water partition coefficient (Wildman–Crippen LogP) is 3.08. The maximum atomic E-state index is 12.6. The number of para-hydroxylation sites is 2. The summed E-state index contributed by atoms with van der Waals surface area (Å²) in [4.78, 5) is 56.9. The van der Waals surface area contributed by atoms with Crippen molar-refractivity contribution < 1.29 is 33.8 Å². The number of carboxylic acid groups (broad SMARTS) is 1. The van der Waals surface area contributed by atoms with Crippen LogP contribution in [0.5, 0.6) is 0 Å². The molecule has 11 nitrogen and oxygen atoms in total. The van der Waals surface area contributed by atoms with Crippen molar-refractivity contribution in [3.05, 3.63) is 59.8 Å². The van der Waals surface area contributed by atoms with E-state index in [2.05, 4.69) is 20.6 Å². The van der Waals surface area contributed by atoms with Gasteiger partial charge in [0.25, 0.3) is 5.91 Å². The van der Waals surface area contributed by atoms with Crippen LogP contribution < -0.4 is 10.6 Å². The zero-order valence-electron chi connectivity index (χ0n) is 19.8. The number of esters is 2. The molecule has 0 aliphatic carbocycles. The second-order valence-electron chi connectivity index (χ2n) is 7.54. The van der Waals surface area contributed by atoms with E-state index in [1.165, 1.54) is 12.1 Å². The van der Waals surface area contributed by atoms with Crippen molar-refractivity contribution in [2.45, 2.75) is 32.7 Å². The fourth-order valence-corrected chi connectivity index (χ4v) is 3.26. The maximum Gasteiger partial charge on any atom is 0.360 e. The summed E-state index contributed by atoms with van der Waals surface area (Å²) < 4.78 is 9.89. The molecule has 1 unspecified atom stereocenters. The van der Waals surface area contributed by atoms with Crippen LogP contribution in [0.4, 0.5) is 11.5 Å². The number of anilines is 2. The summed E-state index contributed by atoms with van der Waals surface area (Å²) in [6.45, 7) is 3.70. The van der Waals surface area contributed by atoms with Gasteiger partial charge in [-0.15, -0.1) is 0 Å². The fraction of sp³-hybridized carbons (Fsp3) is 0.280. The van der Waals surface area contributed by atoms with Crippen molar-refractivity contribution in [3.63, 3.8) is 0 Å². The zero-order valence-corrected chi connectivity index (χ0v) is 19.8. The minimum Gasteiger partial charge on any atom is -0.480 e. The molecule has 0 fully saturated rings. The average molecular weight is 495 g/mol. The molecule has 3 N–H and O–H groups in total. The molecule has 0 spiro atoms. The Bertz CT molecular complexity index is 1260. The van der Waals surface area contributed by atoms with Gasteiger partial charge >= 0.3 is 17.9 Å². The van der Waals surface area contributed by atoms with Gasteiger partial charge in [-0.05, 0) is 56.7 Å². The van der Waals surface area contributed by atoms with Crippen molar-refractivity contribution in [2.24, 2.45) is 0 Å². The summed E-state index contributed by atoms with van der Waals surface area (Å²) in [5.74, 6) is -2.85. The van der Waals surface area contributed by atoms with Crippen LogP contribution in [0.15, 0.2) is 48.5 Å². The van der Waals surface area contributed by atoms with Gasteiger partial charge in [0.1, 0.15) is 6.04 Å². The molecule has 188 valence electrons. The number of benzene rings is 2. The minimum atomic E-state index is -1.26. The number of aromatic nitrogens is 2. The van der Waals surface area contributed by atoms with Crippen molar-refractivity contribution in [3.8, 4) is 0 Å². The number of amides is 1. The highest BCUT2D eigenvalue weighted by molar-refractivity contribution is 5.98. The lowest BCUT2D eigenvalue weighted by Crippen LogP contribution is -2.41. The molecule has 11 heteroatoms. The first-order valence-corrected chi connectivity index (χ1v) is 11.3. The highest BCUT2D eigenvalue weighted by Crippen LogP contribution is 2.22. The number of fused-ring (bicyclic) bond motifs is 1. The SMILES string of the molecule is CCOC(=O)CCC(NC(=O)c1ccc(Nc2nc3ccccc3nc2C(=O)OCC)cc1)C(=O)O. The summed E-state index contributed by atoms with van der Waals surface area (Å²) >= 11 is 0. The Hall–Kier alpha value is -4.54. The van der Waals surface area contributed by atoms with Crippen LogP contribution in [-0.4, -0.2) is 58.1 Å². The number of aliphatic carboxylic acids is 1. The van der Waals surface area contributed by atoms with Gasteiger partial charge in [-0.1, -0.05) is 12.1 Å². The molecule has 0 radical (unpaired) electrons. The second-order valence-corrected chi connectivity index (χ2v) is 7.54. The molecule has 0 aliphatic heterocycles. The minimum absolute atomic E-state index is 0.0169. The maximum absolute atomic E-state index is 12.6. The van der Waals surface area contributed by atoms with E-state index in [9.17, 15) is 24.3 Å². The van der Waals surface area contributed by atoms with Gasteiger partial charge in [0.15, 0.2) is 11.5 Å². The molecule has 0 saturated carbocycles. The number of rotatable bonds is 11. The number of carboxylic acids is 1. The summed E-state index contributed by atoms with van der Waals surface area (Å²) in [7, 11) is 0. The number of carbonyl (C=O) groups excluding carboxylic acids is 3. The van der Waals surface area contributed by atoms with Crippen LogP contribution in [0, 0.1) is 0 Å². The van der Waals surface area contributed by atoms with Gasteiger partial charge < -0.3 is 25.2 Å². The topological polar surface area (TPSA) is 157 Å². The van der Waals surface area contributed by atoms with Crippen LogP contribution in [0.2, 0.25) is 0 Å². The monoisotopic (exact) mass is 494 g/mol. The molecule has 3 aromatic rings. The molecule has 36 heavy (non-hydrogen) atoms. The lowest BCUT2D eigenvalue weighted by atomic mass is 10.1. The quantitative estimate of drug-likeness (QED) is 0.338. The molecule has 1 aromatic heterocycles. The number of nitrogens with zero attached hydrogens (tertiary/aromatic N) is 2. The summed E-state index contributed by atoms with van der Waals surface area (Å²) in [6.07, 6.45) is -0.236. The van der Waals surface area contributed by atoms with Crippen LogP contribution in [0.25, 0.3) is 11.0 Å². The summed E-state index contributed by atoms with van der Waals surface area (Å²) in [5.41, 5.74) is 1.85. The van der Waals surface area contributed by atoms with Gasteiger partial charge in [0.2, 0.25) is 0 Å². The normalized spacial score (nSPS) is 11.4. The molecule has 3 rings (SSSR count). The molecule has 1 amide bonds. The molecular weight excluding hydrogens is 468 g/mol. The van der Waals surface area contributed by atoms with E-state index in [4.69, 9.17) is 9.47 Å². The van der Waals surface area contributed by atoms with Crippen LogP contribution >= 0.6 is 0 Å². The van der Waals surface area contributed by atoms with E-state index < -0.39 is 29.9 Å². The fourth-order valence-electron chi connectivity index (χ4n) is 3.26. The van der Waals surface area contributed by atoms with Crippen LogP contribution in [0.3, 0.4) is 0 Å². The first-order valence-electron chi connectivity index (χ1n) is 11.3. The molecular formula is C25H26N4O7. The summed E-state index contributed by atoms with van der Waals surface area (Å²) in [5, 5.41) is 14.8. The number of hydrogen-bond donors (Lipinski definition) is 3. The third-order valence-corrected chi connectivity index (χ3v) is 5.00. The first kappa shape index (κ1) is 26.1. The van der Waals surface area contributed by atoms with Crippen molar-refractivity contribution >= 4 is 46.4 Å². The Labute approximate surface area is 206 Å². The highest BCUT2D eigenvalue weighted by Gasteiger charge is 2.22. The molecule has 1 atom stereocenters. The lowest BCUT2D eigenvalue weighted by Gasteiger charge is -2.15. The molecule has 2 aromatic carbocycles. The zero-order chi connectivity index (χ0) is 26.1. The summed E-state index contributed by atoms with van der Waals surface area (Å²) in [6, 6.07) is 12.0. The average Bonchev–Trinajstić information content (AvgIpc) is 2.86. The van der Waals surface area contributed by atoms with E-state index in [0.29, 0.717) is 16.7 Å². The van der Waals surface area contributed by atoms with Gasteiger partial charge in [-0.2, -0.15) is 0 Å². The van der Waals surface area contributed by atoms with Crippen LogP contribution in [0.1, 0.15) is 47.5 Å². The van der Waals surface area contributed by atoms with Gasteiger partial charge in [0.05, 0.1) is 24.2 Å². The van der Waals surface area contributed by atoms with Crippen molar-refractivity contribution in [1.29, 1.82) is 0 Å².